The Morgan fingerprint density at radius 3 is 2.76 bits per heavy atom. The second-order valence-corrected chi connectivity index (χ2v) is 5.21. The molecule has 4 nitrogen and oxygen atoms in total. The quantitative estimate of drug-likeness (QED) is 0.886. The molecule has 1 aromatic heterocycles. The average Bonchev–Trinajstić information content (AvgIpc) is 3.01. The van der Waals surface area contributed by atoms with Crippen molar-refractivity contribution in [3.63, 3.8) is 0 Å². The van der Waals surface area contributed by atoms with E-state index < -0.39 is 0 Å². The summed E-state index contributed by atoms with van der Waals surface area (Å²) in [7, 11) is 1.68. The van der Waals surface area contributed by atoms with E-state index in [4.69, 9.17) is 9.15 Å². The summed E-state index contributed by atoms with van der Waals surface area (Å²) in [5, 5.41) is 2.85. The molecule has 1 aromatic carbocycles. The van der Waals surface area contributed by atoms with E-state index in [1.54, 1.807) is 19.2 Å². The number of rotatable bonds is 6. The molecule has 1 N–H and O–H groups in total. The Kier molecular flexibility index (Phi) is 5.04. The van der Waals surface area contributed by atoms with Crippen LogP contribution in [0.2, 0.25) is 0 Å². The summed E-state index contributed by atoms with van der Waals surface area (Å²) in [5.74, 6) is 1.47. The van der Waals surface area contributed by atoms with Crippen molar-refractivity contribution in [3.8, 4) is 5.75 Å². The molecule has 0 bridgehead atoms. The predicted molar refractivity (Wildman–Crippen MR) is 81.8 cm³/mol. The molecular weight excluding hydrogens is 266 g/mol. The first-order valence-corrected chi connectivity index (χ1v) is 7.10. The standard InChI is InChI=1S/C17H21NO3/c1-12(2)14-11-13(6-7-15(14)20-3)8-9-18-17(19)16-5-4-10-21-16/h4-7,10-12H,8-9H2,1-3H3,(H,18,19). The van der Waals surface area contributed by atoms with Crippen LogP contribution in [0, 0.1) is 0 Å². The molecule has 0 saturated carbocycles. The van der Waals surface area contributed by atoms with Gasteiger partial charge in [-0.1, -0.05) is 26.0 Å². The lowest BCUT2D eigenvalue weighted by Gasteiger charge is -2.13. The summed E-state index contributed by atoms with van der Waals surface area (Å²) < 4.78 is 10.4. The molecule has 0 aliphatic carbocycles. The zero-order chi connectivity index (χ0) is 15.2. The van der Waals surface area contributed by atoms with E-state index >= 15 is 0 Å². The highest BCUT2D eigenvalue weighted by Gasteiger charge is 2.10. The number of nitrogens with one attached hydrogen (secondary N) is 1. The van der Waals surface area contributed by atoms with Crippen molar-refractivity contribution in [2.75, 3.05) is 13.7 Å². The van der Waals surface area contributed by atoms with Crippen molar-refractivity contribution in [1.29, 1.82) is 0 Å². The molecule has 112 valence electrons. The maximum absolute atomic E-state index is 11.7. The number of hydrogen-bond acceptors (Lipinski definition) is 3. The third kappa shape index (κ3) is 3.88. The van der Waals surface area contributed by atoms with Gasteiger partial charge in [0.2, 0.25) is 0 Å². The lowest BCUT2D eigenvalue weighted by atomic mass is 9.98. The summed E-state index contributed by atoms with van der Waals surface area (Å²) in [6, 6.07) is 9.51. The number of benzene rings is 1. The fraction of sp³-hybridized carbons (Fsp3) is 0.353. The molecule has 0 fully saturated rings. The molecule has 0 radical (unpaired) electrons. The molecule has 0 spiro atoms. The van der Waals surface area contributed by atoms with Crippen molar-refractivity contribution in [3.05, 3.63) is 53.5 Å². The van der Waals surface area contributed by atoms with Gasteiger partial charge in [0.25, 0.3) is 5.91 Å². The molecule has 0 unspecified atom stereocenters. The van der Waals surface area contributed by atoms with Crippen molar-refractivity contribution >= 4 is 5.91 Å². The van der Waals surface area contributed by atoms with Crippen LogP contribution >= 0.6 is 0 Å². The molecule has 1 amide bonds. The summed E-state index contributed by atoms with van der Waals surface area (Å²) in [6.45, 7) is 4.85. The smallest absolute Gasteiger partial charge is 0.286 e. The molecule has 0 saturated heterocycles. The van der Waals surface area contributed by atoms with Crippen LogP contribution in [0.3, 0.4) is 0 Å². The van der Waals surface area contributed by atoms with Gasteiger partial charge in [0.05, 0.1) is 13.4 Å². The van der Waals surface area contributed by atoms with Gasteiger partial charge in [-0.25, -0.2) is 0 Å². The van der Waals surface area contributed by atoms with Crippen LogP contribution in [-0.2, 0) is 6.42 Å². The van der Waals surface area contributed by atoms with Crippen LogP contribution in [0.1, 0.15) is 41.4 Å². The Bertz CT molecular complexity index is 588. The van der Waals surface area contributed by atoms with Crippen LogP contribution in [0.4, 0.5) is 0 Å². The first kappa shape index (κ1) is 15.2. The first-order chi connectivity index (χ1) is 10.1. The highest BCUT2D eigenvalue weighted by molar-refractivity contribution is 5.91. The normalized spacial score (nSPS) is 10.7. The Hall–Kier alpha value is -2.23. The van der Waals surface area contributed by atoms with Crippen molar-refractivity contribution in [2.45, 2.75) is 26.2 Å². The molecule has 0 aliphatic rings. The van der Waals surface area contributed by atoms with Gasteiger partial charge >= 0.3 is 0 Å². The lowest BCUT2D eigenvalue weighted by molar-refractivity contribution is 0.0926. The summed E-state index contributed by atoms with van der Waals surface area (Å²) in [4.78, 5) is 11.7. The largest absolute Gasteiger partial charge is 0.496 e. The number of ether oxygens (including phenoxy) is 1. The topological polar surface area (TPSA) is 51.5 Å². The van der Waals surface area contributed by atoms with Gasteiger partial charge in [0, 0.05) is 6.54 Å². The molecule has 21 heavy (non-hydrogen) atoms. The maximum atomic E-state index is 11.7. The number of carbonyl (C=O) groups is 1. The van der Waals surface area contributed by atoms with Crippen LogP contribution in [0.5, 0.6) is 5.75 Å². The Labute approximate surface area is 125 Å². The molecule has 0 aliphatic heterocycles. The molecule has 1 heterocycles. The number of carbonyl (C=O) groups excluding carboxylic acids is 1. The monoisotopic (exact) mass is 287 g/mol. The van der Waals surface area contributed by atoms with Gasteiger partial charge in [-0.15, -0.1) is 0 Å². The van der Waals surface area contributed by atoms with E-state index in [-0.39, 0.29) is 5.91 Å². The number of methoxy groups -OCH3 is 1. The molecule has 0 atom stereocenters. The molecular formula is C17H21NO3. The van der Waals surface area contributed by atoms with Crippen molar-refractivity contribution in [1.82, 2.24) is 5.32 Å². The van der Waals surface area contributed by atoms with Gasteiger partial charge in [-0.05, 0) is 41.7 Å². The zero-order valence-electron chi connectivity index (χ0n) is 12.7. The minimum Gasteiger partial charge on any atom is -0.496 e. The fourth-order valence-corrected chi connectivity index (χ4v) is 2.21. The van der Waals surface area contributed by atoms with E-state index in [2.05, 4.69) is 25.2 Å². The summed E-state index contributed by atoms with van der Waals surface area (Å²) >= 11 is 0. The Balaban J connectivity index is 1.94. The predicted octanol–water partition coefficient (Wildman–Crippen LogP) is 3.38. The Morgan fingerprint density at radius 1 is 1.33 bits per heavy atom. The van der Waals surface area contributed by atoms with E-state index in [9.17, 15) is 4.79 Å². The van der Waals surface area contributed by atoms with E-state index in [1.807, 2.05) is 12.1 Å². The van der Waals surface area contributed by atoms with Gasteiger partial charge in [0.15, 0.2) is 5.76 Å². The second kappa shape index (κ2) is 6.97. The SMILES string of the molecule is COc1ccc(CCNC(=O)c2ccco2)cc1C(C)C. The van der Waals surface area contributed by atoms with Crippen LogP contribution in [0.25, 0.3) is 0 Å². The van der Waals surface area contributed by atoms with E-state index in [0.717, 1.165) is 12.2 Å². The highest BCUT2D eigenvalue weighted by atomic mass is 16.5. The molecule has 2 rings (SSSR count). The lowest BCUT2D eigenvalue weighted by Crippen LogP contribution is -2.25. The number of furan rings is 1. The third-order valence-corrected chi connectivity index (χ3v) is 3.36. The number of amides is 1. The Morgan fingerprint density at radius 2 is 2.14 bits per heavy atom. The fourth-order valence-electron chi connectivity index (χ4n) is 2.21. The van der Waals surface area contributed by atoms with E-state index in [1.165, 1.54) is 17.4 Å². The van der Waals surface area contributed by atoms with Crippen LogP contribution in [-0.4, -0.2) is 19.6 Å². The number of hydrogen-bond donors (Lipinski definition) is 1. The second-order valence-electron chi connectivity index (χ2n) is 5.21. The third-order valence-electron chi connectivity index (χ3n) is 3.36. The minimum absolute atomic E-state index is 0.183. The zero-order valence-corrected chi connectivity index (χ0v) is 12.7. The average molecular weight is 287 g/mol. The molecule has 4 heteroatoms. The van der Waals surface area contributed by atoms with Gasteiger partial charge < -0.3 is 14.5 Å². The summed E-state index contributed by atoms with van der Waals surface area (Å²) in [6.07, 6.45) is 2.27. The maximum Gasteiger partial charge on any atom is 0.286 e. The molecule has 2 aromatic rings. The minimum atomic E-state index is -0.183. The van der Waals surface area contributed by atoms with E-state index in [0.29, 0.717) is 18.2 Å². The first-order valence-electron chi connectivity index (χ1n) is 7.10. The van der Waals surface area contributed by atoms with Crippen molar-refractivity contribution in [2.24, 2.45) is 0 Å². The van der Waals surface area contributed by atoms with Crippen LogP contribution < -0.4 is 10.1 Å². The van der Waals surface area contributed by atoms with Gasteiger partial charge in [-0.3, -0.25) is 4.79 Å². The van der Waals surface area contributed by atoms with Gasteiger partial charge in [-0.2, -0.15) is 0 Å². The van der Waals surface area contributed by atoms with Crippen molar-refractivity contribution < 1.29 is 13.9 Å². The van der Waals surface area contributed by atoms with Crippen LogP contribution in [0.15, 0.2) is 41.0 Å². The summed E-state index contributed by atoms with van der Waals surface area (Å²) in [5.41, 5.74) is 2.37. The highest BCUT2D eigenvalue weighted by Crippen LogP contribution is 2.27. The van der Waals surface area contributed by atoms with Gasteiger partial charge in [0.1, 0.15) is 5.75 Å².